The van der Waals surface area contributed by atoms with E-state index in [0.717, 1.165) is 12.1 Å². The van der Waals surface area contributed by atoms with Gasteiger partial charge in [-0.25, -0.2) is 0 Å². The predicted molar refractivity (Wildman–Crippen MR) is 56.5 cm³/mol. The van der Waals surface area contributed by atoms with Gasteiger partial charge in [0.05, 0.1) is 19.1 Å². The van der Waals surface area contributed by atoms with Crippen molar-refractivity contribution >= 4 is 5.97 Å². The summed E-state index contributed by atoms with van der Waals surface area (Å²) < 4.78 is 4.95. The van der Waals surface area contributed by atoms with Crippen LogP contribution in [0.5, 0.6) is 0 Å². The molecule has 1 heterocycles. The first-order valence-corrected chi connectivity index (χ1v) is 5.03. The van der Waals surface area contributed by atoms with E-state index in [4.69, 9.17) is 9.52 Å². The number of carbonyl (C=O) groups is 1. The molecular weight excluding hydrogens is 194 g/mol. The average molecular weight is 211 g/mol. The minimum atomic E-state index is -0.792. The molecule has 15 heavy (non-hydrogen) atoms. The van der Waals surface area contributed by atoms with Gasteiger partial charge in [-0.3, -0.25) is 9.69 Å². The average Bonchev–Trinajstić information content (AvgIpc) is 2.53. The zero-order chi connectivity index (χ0) is 11.3. The third-order valence-electron chi connectivity index (χ3n) is 1.97. The minimum absolute atomic E-state index is 0.0728. The van der Waals surface area contributed by atoms with E-state index in [2.05, 4.69) is 13.8 Å². The van der Waals surface area contributed by atoms with Crippen LogP contribution in [-0.2, 0) is 11.3 Å². The van der Waals surface area contributed by atoms with Crippen molar-refractivity contribution < 1.29 is 14.3 Å². The van der Waals surface area contributed by atoms with Crippen molar-refractivity contribution in [3.63, 3.8) is 0 Å². The maximum absolute atomic E-state index is 10.7. The number of furan rings is 1. The second kappa shape index (κ2) is 5.56. The summed E-state index contributed by atoms with van der Waals surface area (Å²) in [5.41, 5.74) is 1.01. The summed E-state index contributed by atoms with van der Waals surface area (Å²) in [6.45, 7) is 5.62. The van der Waals surface area contributed by atoms with Crippen molar-refractivity contribution in [1.82, 2.24) is 4.90 Å². The van der Waals surface area contributed by atoms with Crippen LogP contribution in [0.2, 0.25) is 0 Å². The molecule has 4 nitrogen and oxygen atoms in total. The Morgan fingerprint density at radius 2 is 2.33 bits per heavy atom. The Hall–Kier alpha value is -1.29. The Morgan fingerprint density at radius 1 is 1.60 bits per heavy atom. The molecule has 0 fully saturated rings. The van der Waals surface area contributed by atoms with E-state index >= 15 is 0 Å². The van der Waals surface area contributed by atoms with Crippen molar-refractivity contribution in [3.05, 3.63) is 24.2 Å². The van der Waals surface area contributed by atoms with Crippen LogP contribution in [0, 0.1) is 5.92 Å². The third kappa shape index (κ3) is 4.65. The first-order chi connectivity index (χ1) is 7.08. The molecule has 0 aliphatic rings. The van der Waals surface area contributed by atoms with Crippen LogP contribution in [0.3, 0.4) is 0 Å². The summed E-state index contributed by atoms with van der Waals surface area (Å²) in [7, 11) is 0. The fourth-order valence-corrected chi connectivity index (χ4v) is 1.53. The predicted octanol–water partition coefficient (Wildman–Crippen LogP) is 1.82. The number of hydrogen-bond acceptors (Lipinski definition) is 3. The highest BCUT2D eigenvalue weighted by Gasteiger charge is 2.12. The second-order valence-electron chi connectivity index (χ2n) is 4.09. The van der Waals surface area contributed by atoms with Crippen LogP contribution < -0.4 is 0 Å². The molecule has 0 unspecified atom stereocenters. The lowest BCUT2D eigenvalue weighted by atomic mass is 10.2. The molecule has 0 atom stereocenters. The van der Waals surface area contributed by atoms with Crippen LogP contribution in [0.25, 0.3) is 0 Å². The molecule has 0 saturated carbocycles. The number of nitrogens with zero attached hydrogens (tertiary/aromatic N) is 1. The Bertz CT molecular complexity index is 293. The van der Waals surface area contributed by atoms with Crippen molar-refractivity contribution in [2.45, 2.75) is 20.4 Å². The van der Waals surface area contributed by atoms with Gasteiger partial charge >= 0.3 is 5.97 Å². The summed E-state index contributed by atoms with van der Waals surface area (Å²) in [5.74, 6) is -0.338. The van der Waals surface area contributed by atoms with Crippen molar-refractivity contribution in [2.75, 3.05) is 13.1 Å². The quantitative estimate of drug-likeness (QED) is 0.779. The van der Waals surface area contributed by atoms with Gasteiger partial charge in [0.25, 0.3) is 0 Å². The smallest absolute Gasteiger partial charge is 0.317 e. The molecule has 4 heteroatoms. The fourth-order valence-electron chi connectivity index (χ4n) is 1.53. The van der Waals surface area contributed by atoms with Crippen LogP contribution >= 0.6 is 0 Å². The lowest BCUT2D eigenvalue weighted by Gasteiger charge is -2.21. The number of hydrogen-bond donors (Lipinski definition) is 1. The van der Waals surface area contributed by atoms with Crippen LogP contribution in [0.4, 0.5) is 0 Å². The molecular formula is C11H17NO3. The van der Waals surface area contributed by atoms with Gasteiger partial charge in [-0.05, 0) is 12.0 Å². The largest absolute Gasteiger partial charge is 0.480 e. The van der Waals surface area contributed by atoms with E-state index < -0.39 is 5.97 Å². The molecule has 84 valence electrons. The zero-order valence-corrected chi connectivity index (χ0v) is 9.14. The van der Waals surface area contributed by atoms with Gasteiger partial charge in [-0.15, -0.1) is 0 Å². The van der Waals surface area contributed by atoms with Gasteiger partial charge in [-0.1, -0.05) is 13.8 Å². The lowest BCUT2D eigenvalue weighted by molar-refractivity contribution is -0.138. The molecule has 0 aliphatic carbocycles. The molecule has 0 aromatic carbocycles. The molecule has 1 rings (SSSR count). The maximum atomic E-state index is 10.7. The van der Waals surface area contributed by atoms with Crippen LogP contribution in [0.1, 0.15) is 19.4 Å². The first-order valence-electron chi connectivity index (χ1n) is 5.03. The van der Waals surface area contributed by atoms with Crippen molar-refractivity contribution in [2.24, 2.45) is 5.92 Å². The molecule has 0 aliphatic heterocycles. The fraction of sp³-hybridized carbons (Fsp3) is 0.545. The van der Waals surface area contributed by atoms with Gasteiger partial charge in [0, 0.05) is 18.7 Å². The first kappa shape index (κ1) is 11.8. The van der Waals surface area contributed by atoms with Gasteiger partial charge in [0.15, 0.2) is 0 Å². The van der Waals surface area contributed by atoms with Crippen molar-refractivity contribution in [3.8, 4) is 0 Å². The van der Waals surface area contributed by atoms with Gasteiger partial charge in [0.2, 0.25) is 0 Å². The highest BCUT2D eigenvalue weighted by atomic mass is 16.4. The van der Waals surface area contributed by atoms with Gasteiger partial charge in [-0.2, -0.15) is 0 Å². The topological polar surface area (TPSA) is 53.7 Å². The Morgan fingerprint density at radius 3 is 2.80 bits per heavy atom. The number of aliphatic carboxylic acids is 1. The summed E-state index contributed by atoms with van der Waals surface area (Å²) in [5, 5.41) is 8.76. The summed E-state index contributed by atoms with van der Waals surface area (Å²) in [4.78, 5) is 12.6. The molecule has 0 amide bonds. The SMILES string of the molecule is CC(C)CN(CC(=O)O)Cc1ccoc1. The standard InChI is InChI=1S/C11H17NO3/c1-9(2)5-12(7-11(13)14)6-10-3-4-15-8-10/h3-4,8-9H,5-7H2,1-2H3,(H,13,14). The molecule has 1 aromatic heterocycles. The number of rotatable bonds is 6. The highest BCUT2D eigenvalue weighted by molar-refractivity contribution is 5.69. The van der Waals surface area contributed by atoms with E-state index in [-0.39, 0.29) is 6.54 Å². The summed E-state index contributed by atoms with van der Waals surface area (Å²) in [6, 6.07) is 1.86. The Balaban J connectivity index is 2.52. The van der Waals surface area contributed by atoms with E-state index in [0.29, 0.717) is 12.5 Å². The number of carboxylic acid groups (broad SMARTS) is 1. The Kier molecular flexibility index (Phi) is 4.37. The Labute approximate surface area is 89.5 Å². The van der Waals surface area contributed by atoms with E-state index in [1.807, 2.05) is 11.0 Å². The van der Waals surface area contributed by atoms with Gasteiger partial charge in [0.1, 0.15) is 0 Å². The maximum Gasteiger partial charge on any atom is 0.317 e. The minimum Gasteiger partial charge on any atom is -0.480 e. The third-order valence-corrected chi connectivity index (χ3v) is 1.97. The number of carboxylic acids is 1. The highest BCUT2D eigenvalue weighted by Crippen LogP contribution is 2.07. The molecule has 0 radical (unpaired) electrons. The van der Waals surface area contributed by atoms with E-state index in [1.54, 1.807) is 12.5 Å². The zero-order valence-electron chi connectivity index (χ0n) is 9.14. The van der Waals surface area contributed by atoms with Gasteiger partial charge < -0.3 is 9.52 Å². The lowest BCUT2D eigenvalue weighted by Crippen LogP contribution is -2.32. The summed E-state index contributed by atoms with van der Waals surface area (Å²) in [6.07, 6.45) is 3.25. The molecule has 1 N–H and O–H groups in total. The van der Waals surface area contributed by atoms with Crippen molar-refractivity contribution in [1.29, 1.82) is 0 Å². The monoisotopic (exact) mass is 211 g/mol. The van der Waals surface area contributed by atoms with E-state index in [1.165, 1.54) is 0 Å². The molecule has 0 saturated heterocycles. The molecule has 0 bridgehead atoms. The van der Waals surface area contributed by atoms with Crippen LogP contribution in [0.15, 0.2) is 23.0 Å². The summed E-state index contributed by atoms with van der Waals surface area (Å²) >= 11 is 0. The van der Waals surface area contributed by atoms with Crippen LogP contribution in [-0.4, -0.2) is 29.1 Å². The molecule has 1 aromatic rings. The second-order valence-corrected chi connectivity index (χ2v) is 4.09. The normalized spacial score (nSPS) is 11.2. The van der Waals surface area contributed by atoms with E-state index in [9.17, 15) is 4.79 Å². The molecule has 0 spiro atoms.